The molecule has 43 heavy (non-hydrogen) atoms. The second kappa shape index (κ2) is 14.2. The second-order valence-electron chi connectivity index (χ2n) is 9.88. The first-order valence-corrected chi connectivity index (χ1v) is 13.7. The van der Waals surface area contributed by atoms with Crippen LogP contribution >= 0.6 is 0 Å². The van der Waals surface area contributed by atoms with Gasteiger partial charge in [0.2, 0.25) is 0 Å². The Bertz CT molecular complexity index is 1600. The van der Waals surface area contributed by atoms with Crippen LogP contribution in [0.4, 0.5) is 13.2 Å². The largest absolute Gasteiger partial charge is 0.573 e. The maximum atomic E-state index is 13.1. The van der Waals surface area contributed by atoms with Crippen molar-refractivity contribution in [3.8, 4) is 22.7 Å². The van der Waals surface area contributed by atoms with E-state index in [2.05, 4.69) is 25.0 Å². The lowest BCUT2D eigenvalue weighted by molar-refractivity contribution is -0.274. The third-order valence-corrected chi connectivity index (χ3v) is 6.66. The number of methoxy groups -OCH3 is 1. The van der Waals surface area contributed by atoms with Crippen LogP contribution < -0.4 is 32.9 Å². The Morgan fingerprint density at radius 3 is 2.58 bits per heavy atom. The van der Waals surface area contributed by atoms with Crippen LogP contribution in [0.25, 0.3) is 28.0 Å². The average molecular weight is 601 g/mol. The molecule has 0 saturated heterocycles. The maximum absolute atomic E-state index is 13.1. The predicted molar refractivity (Wildman–Crippen MR) is 159 cm³/mol. The third-order valence-electron chi connectivity index (χ3n) is 6.66. The molecule has 2 heterocycles. The summed E-state index contributed by atoms with van der Waals surface area (Å²) in [6.45, 7) is 2.33. The fraction of sp³-hybridized carbons (Fsp3) is 0.345. The zero-order valence-corrected chi connectivity index (χ0v) is 23.7. The number of guanidine groups is 1. The molecule has 1 unspecified atom stereocenters. The summed E-state index contributed by atoms with van der Waals surface area (Å²) in [5.41, 5.74) is 19.1. The average Bonchev–Trinajstić information content (AvgIpc) is 3.37. The van der Waals surface area contributed by atoms with Crippen molar-refractivity contribution >= 4 is 17.0 Å². The molecule has 1 atom stereocenters. The topological polar surface area (TPSA) is 172 Å². The lowest BCUT2D eigenvalue weighted by atomic mass is 10.00. The van der Waals surface area contributed by atoms with Crippen LogP contribution in [-0.2, 0) is 11.3 Å². The Labute approximate surface area is 245 Å². The zero-order chi connectivity index (χ0) is 31.0. The molecule has 2 aromatic heterocycles. The summed E-state index contributed by atoms with van der Waals surface area (Å²) < 4.78 is 50.6. The minimum atomic E-state index is -4.87. The maximum Gasteiger partial charge on any atom is 0.573 e. The lowest BCUT2D eigenvalue weighted by Crippen LogP contribution is -2.23. The molecule has 0 radical (unpaired) electrons. The van der Waals surface area contributed by atoms with Crippen LogP contribution in [-0.4, -0.2) is 53.6 Å². The Hall–Kier alpha value is -4.40. The van der Waals surface area contributed by atoms with E-state index in [-0.39, 0.29) is 11.7 Å². The molecule has 230 valence electrons. The number of aliphatic imine (C=N–C) groups is 1. The van der Waals surface area contributed by atoms with E-state index in [4.69, 9.17) is 21.9 Å². The normalized spacial score (nSPS) is 12.4. The quantitative estimate of drug-likeness (QED) is 0.0832. The van der Waals surface area contributed by atoms with Gasteiger partial charge in [0.05, 0.1) is 11.8 Å². The number of nitrogens with one attached hydrogen (secondary N) is 2. The Balaban J connectivity index is 1.58. The number of ether oxygens (including phenoxy) is 2. The van der Waals surface area contributed by atoms with Gasteiger partial charge < -0.3 is 37.0 Å². The summed E-state index contributed by atoms with van der Waals surface area (Å²) >= 11 is 0. The highest BCUT2D eigenvalue weighted by atomic mass is 19.4. The van der Waals surface area contributed by atoms with Gasteiger partial charge in [-0.25, -0.2) is 4.79 Å². The van der Waals surface area contributed by atoms with E-state index < -0.39 is 18.2 Å². The molecule has 0 aliphatic rings. The zero-order valence-electron chi connectivity index (χ0n) is 23.7. The highest BCUT2D eigenvalue weighted by molar-refractivity contribution is 5.83. The van der Waals surface area contributed by atoms with Gasteiger partial charge in [0.15, 0.2) is 5.96 Å². The monoisotopic (exact) mass is 600 g/mol. The van der Waals surface area contributed by atoms with Gasteiger partial charge in [0.25, 0.3) is 0 Å². The third kappa shape index (κ3) is 8.80. The molecule has 4 aromatic rings. The molecule has 0 amide bonds. The van der Waals surface area contributed by atoms with Gasteiger partial charge in [-0.2, -0.15) is 4.98 Å². The summed E-state index contributed by atoms with van der Waals surface area (Å²) in [4.78, 5) is 24.1. The van der Waals surface area contributed by atoms with Crippen molar-refractivity contribution in [2.24, 2.45) is 22.2 Å². The highest BCUT2D eigenvalue weighted by Gasteiger charge is 2.31. The predicted octanol–water partition coefficient (Wildman–Crippen LogP) is 3.46. The van der Waals surface area contributed by atoms with Crippen molar-refractivity contribution in [2.45, 2.75) is 38.3 Å². The number of halogens is 3. The number of fused-ring (bicyclic) bond motifs is 1. The van der Waals surface area contributed by atoms with Crippen molar-refractivity contribution in [3.05, 3.63) is 76.3 Å². The first-order valence-electron chi connectivity index (χ1n) is 13.7. The van der Waals surface area contributed by atoms with Crippen LogP contribution in [0.2, 0.25) is 0 Å². The van der Waals surface area contributed by atoms with Crippen LogP contribution in [0.5, 0.6) is 5.75 Å². The molecule has 14 heteroatoms. The SMILES string of the molecule is COC(CCCN)c1cc(OC(F)(F)F)cc(-c2cc3cn(-c4ccc(CNCCCN=C(N)N)cc4)c(=O)nc3[nH]2)c1. The van der Waals surface area contributed by atoms with Crippen LogP contribution in [0.15, 0.2) is 64.5 Å². The van der Waals surface area contributed by atoms with Crippen molar-refractivity contribution in [2.75, 3.05) is 26.7 Å². The van der Waals surface area contributed by atoms with Crippen molar-refractivity contribution in [1.29, 1.82) is 0 Å². The van der Waals surface area contributed by atoms with Gasteiger partial charge in [0.1, 0.15) is 11.4 Å². The number of aromatic nitrogens is 3. The molecule has 2 aromatic carbocycles. The van der Waals surface area contributed by atoms with Crippen molar-refractivity contribution in [1.82, 2.24) is 19.9 Å². The van der Waals surface area contributed by atoms with E-state index in [0.717, 1.165) is 18.5 Å². The first-order chi connectivity index (χ1) is 20.6. The fourth-order valence-electron chi connectivity index (χ4n) is 4.63. The molecular formula is C29H35F3N8O3. The van der Waals surface area contributed by atoms with Gasteiger partial charge >= 0.3 is 12.1 Å². The van der Waals surface area contributed by atoms with Gasteiger partial charge in [-0.3, -0.25) is 9.56 Å². The van der Waals surface area contributed by atoms with Gasteiger partial charge in [-0.05, 0) is 79.9 Å². The van der Waals surface area contributed by atoms with E-state index in [1.165, 1.54) is 23.8 Å². The number of nitrogens with two attached hydrogens (primary N) is 3. The Morgan fingerprint density at radius 2 is 1.91 bits per heavy atom. The molecule has 0 fully saturated rings. The number of rotatable bonds is 14. The highest BCUT2D eigenvalue weighted by Crippen LogP contribution is 2.34. The number of aromatic amines is 1. The molecule has 11 nitrogen and oxygen atoms in total. The minimum absolute atomic E-state index is 0.0718. The minimum Gasteiger partial charge on any atom is -0.406 e. The van der Waals surface area contributed by atoms with Gasteiger partial charge in [0, 0.05) is 43.0 Å². The lowest BCUT2D eigenvalue weighted by Gasteiger charge is -2.18. The summed E-state index contributed by atoms with van der Waals surface area (Å²) in [6, 6.07) is 13.5. The van der Waals surface area contributed by atoms with E-state index in [1.54, 1.807) is 18.3 Å². The number of nitrogens with zero attached hydrogens (tertiary/aromatic N) is 3. The number of hydrogen-bond acceptors (Lipinski definition) is 7. The van der Waals surface area contributed by atoms with E-state index >= 15 is 0 Å². The summed E-state index contributed by atoms with van der Waals surface area (Å²) in [5, 5.41) is 3.90. The van der Waals surface area contributed by atoms with Gasteiger partial charge in [-0.1, -0.05) is 12.1 Å². The molecule has 8 N–H and O–H groups in total. The van der Waals surface area contributed by atoms with Gasteiger partial charge in [-0.15, -0.1) is 13.2 Å². The first kappa shape index (κ1) is 31.5. The molecule has 0 aliphatic carbocycles. The van der Waals surface area contributed by atoms with E-state index in [9.17, 15) is 18.0 Å². The van der Waals surface area contributed by atoms with Crippen molar-refractivity contribution in [3.63, 3.8) is 0 Å². The molecule has 0 saturated carbocycles. The smallest absolute Gasteiger partial charge is 0.406 e. The van der Waals surface area contributed by atoms with Crippen LogP contribution in [0, 0.1) is 0 Å². The Morgan fingerprint density at radius 1 is 1.14 bits per heavy atom. The molecule has 0 aliphatic heterocycles. The number of benzene rings is 2. The molecule has 0 spiro atoms. The summed E-state index contributed by atoms with van der Waals surface area (Å²) in [6.07, 6.45) is -1.79. The second-order valence-corrected chi connectivity index (χ2v) is 9.88. The molecule has 4 rings (SSSR count). The summed E-state index contributed by atoms with van der Waals surface area (Å²) in [7, 11) is 1.49. The number of alkyl halides is 3. The number of H-pyrrole nitrogens is 1. The standard InChI is InChI=1S/C29H35F3N8O3/c1-42-25(4-2-9-33)20-12-19(13-23(14-20)43-29(30,31)32)24-15-21-17-40(28(41)39-26(21)38-24)22-7-5-18(6-8-22)16-36-10-3-11-37-27(34)35/h5-8,12-15,17,25,36H,2-4,9-11,16,33H2,1H3,(H4,34,35,37)(H,38,39,41). The Kier molecular flexibility index (Phi) is 10.4. The van der Waals surface area contributed by atoms with E-state index in [1.807, 2.05) is 24.3 Å². The molecular weight excluding hydrogens is 565 g/mol. The number of hydrogen-bond donors (Lipinski definition) is 5. The van der Waals surface area contributed by atoms with E-state index in [0.29, 0.717) is 66.0 Å². The van der Waals surface area contributed by atoms with Crippen LogP contribution in [0.3, 0.4) is 0 Å². The van der Waals surface area contributed by atoms with Crippen molar-refractivity contribution < 1.29 is 22.6 Å². The van der Waals surface area contributed by atoms with Crippen LogP contribution in [0.1, 0.15) is 36.5 Å². The summed E-state index contributed by atoms with van der Waals surface area (Å²) in [5.74, 6) is -0.313. The molecule has 0 bridgehead atoms. The fourth-order valence-corrected chi connectivity index (χ4v) is 4.63.